The number of cyclic esters (lactones) is 1. The van der Waals surface area contributed by atoms with Crippen LogP contribution in [0, 0.1) is 17.8 Å². The van der Waals surface area contributed by atoms with E-state index >= 15 is 0 Å². The monoisotopic (exact) mass is 1030 g/mol. The molecule has 2 aromatic rings. The van der Waals surface area contributed by atoms with Crippen LogP contribution in [-0.4, -0.2) is 191 Å². The molecule has 0 aliphatic carbocycles. The van der Waals surface area contributed by atoms with E-state index in [1.54, 1.807) is 51.4 Å². The quantitative estimate of drug-likeness (QED) is 0.137. The highest BCUT2D eigenvalue weighted by Crippen LogP contribution is 2.40. The van der Waals surface area contributed by atoms with Gasteiger partial charge < -0.3 is 63.4 Å². The number of ether oxygens (including phenoxy) is 7. The van der Waals surface area contributed by atoms with Gasteiger partial charge in [-0.05, 0) is 112 Å². The molecule has 406 valence electrons. The second-order valence-electron chi connectivity index (χ2n) is 21.7. The number of hydrogen-bond donors (Lipinski definition) is 4. The molecule has 20 heteroatoms. The molecule has 3 fully saturated rings. The standard InChI is InChI=1S/C51H87N5O14S/c1-15-41-51(10,61)45(57)35(6)55(12)29-31(2)27-49(8,60)47(33(4)44(34(5)48(59)68-41)69-43-28-50(9,64-13)46(58)36(7)67-43)70-42-26-38(25-32(3)66-42)54(11)23-21-37-30-56(53-52-37)22-16-24-65-39-17-19-40(20-18-39)71(14,62)63/h17-20,30-36,38,41-47,57-58,60-61H,15-16,21-29H2,1-14H3/t31-,32-,33+,34-,35-,36+,38+,41-,42+,43+,44+,45-,46+,47-,49-,50-,51-/m1/s1. The van der Waals surface area contributed by atoms with E-state index in [-0.39, 0.29) is 42.2 Å². The Labute approximate surface area is 422 Å². The van der Waals surface area contributed by atoms with Crippen LogP contribution in [0.15, 0.2) is 35.4 Å². The van der Waals surface area contributed by atoms with Crippen molar-refractivity contribution in [1.82, 2.24) is 24.8 Å². The number of esters is 1. The Morgan fingerprint density at radius 1 is 0.944 bits per heavy atom. The molecule has 4 N–H and O–H groups in total. The summed E-state index contributed by atoms with van der Waals surface area (Å²) in [5, 5.41) is 56.1. The Morgan fingerprint density at radius 3 is 2.25 bits per heavy atom. The molecule has 3 saturated heterocycles. The number of hydrogen-bond acceptors (Lipinski definition) is 18. The van der Waals surface area contributed by atoms with Crippen LogP contribution in [0.1, 0.15) is 113 Å². The number of carbonyl (C=O) groups excluding carboxylic acids is 1. The number of methoxy groups -OCH3 is 1. The molecule has 1 aromatic heterocycles. The fraction of sp³-hybridized carbons (Fsp3) is 0.824. The van der Waals surface area contributed by atoms with Crippen molar-refractivity contribution < 1.29 is 66.8 Å². The minimum atomic E-state index is -3.28. The van der Waals surface area contributed by atoms with Crippen LogP contribution in [0.3, 0.4) is 0 Å². The lowest BCUT2D eigenvalue weighted by Gasteiger charge is -2.48. The molecule has 1 aromatic carbocycles. The molecule has 3 aliphatic rings. The van der Waals surface area contributed by atoms with E-state index in [0.29, 0.717) is 51.3 Å². The van der Waals surface area contributed by atoms with Gasteiger partial charge in [-0.25, -0.2) is 8.42 Å². The van der Waals surface area contributed by atoms with E-state index < -0.39 is 99.7 Å². The van der Waals surface area contributed by atoms with Crippen LogP contribution < -0.4 is 4.74 Å². The number of aromatic nitrogens is 3. The number of aliphatic hydroxyl groups is 4. The molecule has 17 atom stereocenters. The lowest BCUT2D eigenvalue weighted by atomic mass is 9.77. The minimum absolute atomic E-state index is 0.0421. The Balaban J connectivity index is 1.34. The highest BCUT2D eigenvalue weighted by Gasteiger charge is 2.52. The van der Waals surface area contributed by atoms with Crippen LogP contribution in [0.4, 0.5) is 0 Å². The number of likely N-dealkylation sites (N-methyl/N-ethyl adjacent to an activating group) is 2. The second kappa shape index (κ2) is 24.7. The Hall–Kier alpha value is -2.86. The molecule has 0 spiro atoms. The van der Waals surface area contributed by atoms with Crippen molar-refractivity contribution in [3.05, 3.63) is 36.2 Å². The number of nitrogens with zero attached hydrogens (tertiary/aromatic N) is 5. The molecule has 5 rings (SSSR count). The van der Waals surface area contributed by atoms with E-state index in [1.807, 2.05) is 45.8 Å². The van der Waals surface area contributed by atoms with Crippen molar-refractivity contribution in [2.45, 2.75) is 210 Å². The SMILES string of the molecule is CC[C@H]1OC(=O)[C@H](C)[C@@H](O[C@H]2C[C@@](C)(OC)[C@@H](O)[C@H](C)O2)[C@H](C)[C@@H](O[C@H]2C[C@@H](N(C)CCc3cn(CCCOc4ccc(S(C)(=O)=O)cc4)nn3)C[C@@H](C)O2)[C@](C)(O)C[C@@H](C)CN(C)[C@H](C)[C@@H](O)[C@]1(C)O. The summed E-state index contributed by atoms with van der Waals surface area (Å²) in [5.74, 6) is -1.91. The zero-order chi connectivity index (χ0) is 52.8. The first kappa shape index (κ1) is 59.0. The van der Waals surface area contributed by atoms with Crippen molar-refractivity contribution in [1.29, 1.82) is 0 Å². The molecule has 0 saturated carbocycles. The average Bonchev–Trinajstić information content (AvgIpc) is 3.76. The molecule has 0 amide bonds. The Kier molecular flexibility index (Phi) is 20.5. The van der Waals surface area contributed by atoms with E-state index in [0.717, 1.165) is 12.1 Å². The molecule has 3 aliphatic heterocycles. The van der Waals surface area contributed by atoms with E-state index in [9.17, 15) is 33.6 Å². The number of rotatable bonds is 16. The first-order valence-electron chi connectivity index (χ1n) is 25.5. The van der Waals surface area contributed by atoms with Crippen LogP contribution in [-0.2, 0) is 56.0 Å². The first-order valence-corrected chi connectivity index (χ1v) is 27.4. The third-order valence-corrected chi connectivity index (χ3v) is 16.5. The van der Waals surface area contributed by atoms with Gasteiger partial charge in [0.05, 0.1) is 58.7 Å². The van der Waals surface area contributed by atoms with E-state index in [1.165, 1.54) is 32.4 Å². The van der Waals surface area contributed by atoms with Gasteiger partial charge in [0.2, 0.25) is 0 Å². The van der Waals surface area contributed by atoms with Gasteiger partial charge in [-0.3, -0.25) is 9.48 Å². The summed E-state index contributed by atoms with van der Waals surface area (Å²) in [6.45, 7) is 20.1. The van der Waals surface area contributed by atoms with Crippen LogP contribution in [0.5, 0.6) is 5.75 Å². The molecular formula is C51H87N5O14S. The molecular weight excluding hydrogens is 939 g/mol. The summed E-state index contributed by atoms with van der Waals surface area (Å²) in [7, 11) is 2.17. The largest absolute Gasteiger partial charge is 0.494 e. The van der Waals surface area contributed by atoms with Gasteiger partial charge in [0.25, 0.3) is 0 Å². The van der Waals surface area contributed by atoms with Gasteiger partial charge in [-0.2, -0.15) is 0 Å². The fourth-order valence-corrected chi connectivity index (χ4v) is 11.5. The third kappa shape index (κ3) is 15.1. The highest BCUT2D eigenvalue weighted by molar-refractivity contribution is 7.90. The maximum atomic E-state index is 14.5. The van der Waals surface area contributed by atoms with Gasteiger partial charge in [-0.15, -0.1) is 5.10 Å². The normalized spacial score (nSPS) is 38.6. The molecule has 0 radical (unpaired) electrons. The van der Waals surface area contributed by atoms with Crippen molar-refractivity contribution in [3.63, 3.8) is 0 Å². The van der Waals surface area contributed by atoms with Gasteiger partial charge in [0, 0.05) is 82.9 Å². The third-order valence-electron chi connectivity index (χ3n) is 15.4. The number of aliphatic hydroxyl groups excluding tert-OH is 2. The number of sulfone groups is 1. The Morgan fingerprint density at radius 2 is 1.62 bits per heavy atom. The van der Waals surface area contributed by atoms with Gasteiger partial charge in [0.1, 0.15) is 29.7 Å². The highest BCUT2D eigenvalue weighted by atomic mass is 32.2. The predicted molar refractivity (Wildman–Crippen MR) is 265 cm³/mol. The number of aryl methyl sites for hydroxylation is 1. The molecule has 0 bridgehead atoms. The lowest BCUT2D eigenvalue weighted by Crippen LogP contribution is -2.59. The summed E-state index contributed by atoms with van der Waals surface area (Å²) in [6.07, 6.45) is -1.55. The second-order valence-corrected chi connectivity index (χ2v) is 23.8. The number of carbonyl (C=O) groups is 1. The van der Waals surface area contributed by atoms with Crippen LogP contribution >= 0.6 is 0 Å². The number of benzene rings is 1. The van der Waals surface area contributed by atoms with Crippen molar-refractivity contribution in [3.8, 4) is 5.75 Å². The van der Waals surface area contributed by atoms with Gasteiger partial charge in [-0.1, -0.05) is 26.0 Å². The zero-order valence-electron chi connectivity index (χ0n) is 44.8. The van der Waals surface area contributed by atoms with E-state index in [4.69, 9.17) is 33.2 Å². The topological polar surface area (TPSA) is 234 Å². The Bertz CT molecular complexity index is 2090. The fourth-order valence-electron chi connectivity index (χ4n) is 10.9. The average molecular weight is 1030 g/mol. The van der Waals surface area contributed by atoms with Crippen molar-refractivity contribution in [2.75, 3.05) is 47.2 Å². The summed E-state index contributed by atoms with van der Waals surface area (Å²) >= 11 is 0. The van der Waals surface area contributed by atoms with Crippen molar-refractivity contribution >= 4 is 15.8 Å². The molecule has 19 nitrogen and oxygen atoms in total. The smallest absolute Gasteiger partial charge is 0.311 e. The molecule has 71 heavy (non-hydrogen) atoms. The maximum Gasteiger partial charge on any atom is 0.311 e. The van der Waals surface area contributed by atoms with Gasteiger partial charge in [0.15, 0.2) is 22.4 Å². The lowest BCUT2D eigenvalue weighted by molar-refractivity contribution is -0.308. The van der Waals surface area contributed by atoms with Gasteiger partial charge >= 0.3 is 5.97 Å². The molecule has 0 unspecified atom stereocenters. The first-order chi connectivity index (χ1) is 33.1. The van der Waals surface area contributed by atoms with E-state index in [2.05, 4.69) is 22.3 Å². The summed E-state index contributed by atoms with van der Waals surface area (Å²) < 4.78 is 69.7. The summed E-state index contributed by atoms with van der Waals surface area (Å²) in [4.78, 5) is 18.9. The maximum absolute atomic E-state index is 14.5. The van der Waals surface area contributed by atoms with Crippen molar-refractivity contribution in [2.24, 2.45) is 17.8 Å². The summed E-state index contributed by atoms with van der Waals surface area (Å²) in [5.41, 5.74) is -3.52. The predicted octanol–water partition coefficient (Wildman–Crippen LogP) is 4.01. The summed E-state index contributed by atoms with van der Waals surface area (Å²) in [6, 6.07) is 5.86. The van der Waals surface area contributed by atoms with Crippen LogP contribution in [0.25, 0.3) is 0 Å². The zero-order valence-corrected chi connectivity index (χ0v) is 45.6. The molecule has 4 heterocycles. The minimum Gasteiger partial charge on any atom is -0.494 e. The van der Waals surface area contributed by atoms with Crippen LogP contribution in [0.2, 0.25) is 0 Å².